The van der Waals surface area contributed by atoms with Crippen molar-refractivity contribution < 1.29 is 0 Å². The molecule has 0 nitrogen and oxygen atoms in total. The van der Waals surface area contributed by atoms with Gasteiger partial charge < -0.3 is 0 Å². The summed E-state index contributed by atoms with van der Waals surface area (Å²) in [5.74, 6) is 0. The minimum absolute atomic E-state index is 0.203. The van der Waals surface area contributed by atoms with Crippen molar-refractivity contribution in [3.63, 3.8) is 0 Å². The van der Waals surface area contributed by atoms with Crippen LogP contribution in [0, 0.1) is 0 Å². The van der Waals surface area contributed by atoms with Gasteiger partial charge in [0.05, 0.1) is 0 Å². The summed E-state index contributed by atoms with van der Waals surface area (Å²) in [6.07, 6.45) is 0.928. The molecule has 0 N–H and O–H groups in total. The normalized spacial score (nSPS) is 15.7. The molecular weight excluding hydrogens is 194 g/mol. The molecule has 0 aromatic carbocycles. The molecule has 0 saturated heterocycles. The Kier molecular flexibility index (Phi) is 4.56. The molecule has 0 aliphatic heterocycles. The molecule has 0 aromatic rings. The monoisotopic (exact) mass is 204 g/mol. The van der Waals surface area contributed by atoms with Crippen LogP contribution in [0.25, 0.3) is 0 Å². The molecule has 4 heteroatoms. The maximum Gasteiger partial charge on any atom is 0.248 e. The lowest BCUT2D eigenvalue weighted by atomic mass is 10.4. The van der Waals surface area contributed by atoms with E-state index < -0.39 is 6.69 Å². The van der Waals surface area contributed by atoms with E-state index in [0.717, 1.165) is 12.5 Å². The zero-order chi connectivity index (χ0) is 7.49. The van der Waals surface area contributed by atoms with Gasteiger partial charge in [-0.2, -0.15) is 0 Å². The Morgan fingerprint density at radius 1 is 1.44 bits per heavy atom. The maximum atomic E-state index is 5.82. The first kappa shape index (κ1) is 10.1. The van der Waals surface area contributed by atoms with E-state index in [4.69, 9.17) is 33.8 Å². The molecule has 1 unspecified atom stereocenters. The molecule has 0 rings (SSSR count). The molecular formula is C5H11Cl3Si. The topological polar surface area (TPSA) is 0 Å². The summed E-state index contributed by atoms with van der Waals surface area (Å²) in [7, 11) is 0. The fourth-order valence-electron chi connectivity index (χ4n) is 0.452. The Morgan fingerprint density at radius 2 is 1.89 bits per heavy atom. The lowest BCUT2D eigenvalue weighted by Crippen LogP contribution is -2.13. The first-order valence-corrected chi connectivity index (χ1v) is 8.10. The molecule has 56 valence electrons. The Morgan fingerprint density at radius 3 is 2.00 bits per heavy atom. The fourth-order valence-corrected chi connectivity index (χ4v) is 2.34. The van der Waals surface area contributed by atoms with Crippen molar-refractivity contribution in [3.05, 3.63) is 0 Å². The van der Waals surface area contributed by atoms with E-state index >= 15 is 0 Å². The Hall–Kier alpha value is 1.09. The first-order valence-electron chi connectivity index (χ1n) is 2.94. The third-order valence-electron chi connectivity index (χ3n) is 0.981. The maximum absolute atomic E-state index is 5.82. The summed E-state index contributed by atoms with van der Waals surface area (Å²) in [6, 6.07) is 0.890. The van der Waals surface area contributed by atoms with E-state index in [0.29, 0.717) is 0 Å². The molecule has 0 aliphatic rings. The van der Waals surface area contributed by atoms with E-state index in [1.165, 1.54) is 0 Å². The Balaban J connectivity index is 3.28. The van der Waals surface area contributed by atoms with Crippen LogP contribution in [0.3, 0.4) is 0 Å². The van der Waals surface area contributed by atoms with Crippen LogP contribution < -0.4 is 0 Å². The summed E-state index contributed by atoms with van der Waals surface area (Å²) in [6.45, 7) is 2.01. The van der Waals surface area contributed by atoms with E-state index in [1.54, 1.807) is 0 Å². The van der Waals surface area contributed by atoms with Crippen LogP contribution in [0.5, 0.6) is 0 Å². The SMILES string of the molecule is CC(Cl)CC[Si](C)(Cl)Cl. The molecule has 9 heavy (non-hydrogen) atoms. The predicted octanol–water partition coefficient (Wildman–Crippen LogP) is 3.55. The number of hydrogen-bond donors (Lipinski definition) is 0. The van der Waals surface area contributed by atoms with Crippen molar-refractivity contribution >= 4 is 40.5 Å². The summed E-state index contributed by atoms with van der Waals surface area (Å²) >= 11 is 17.3. The molecule has 0 spiro atoms. The fraction of sp³-hybridized carbons (Fsp3) is 1.00. The molecule has 0 heterocycles. The van der Waals surface area contributed by atoms with E-state index in [1.807, 2.05) is 13.5 Å². The molecule has 0 aliphatic carbocycles. The second-order valence-corrected chi connectivity index (χ2v) is 11.4. The van der Waals surface area contributed by atoms with Gasteiger partial charge in [-0.1, -0.05) is 0 Å². The van der Waals surface area contributed by atoms with E-state index in [2.05, 4.69) is 0 Å². The van der Waals surface area contributed by atoms with Crippen LogP contribution in [0.1, 0.15) is 13.3 Å². The van der Waals surface area contributed by atoms with Crippen LogP contribution >= 0.6 is 33.8 Å². The van der Waals surface area contributed by atoms with Crippen molar-refractivity contribution in [1.82, 2.24) is 0 Å². The van der Waals surface area contributed by atoms with E-state index in [-0.39, 0.29) is 5.38 Å². The van der Waals surface area contributed by atoms with Gasteiger partial charge in [0.15, 0.2) is 0 Å². The van der Waals surface area contributed by atoms with Crippen molar-refractivity contribution in [2.24, 2.45) is 0 Å². The van der Waals surface area contributed by atoms with Crippen molar-refractivity contribution in [1.29, 1.82) is 0 Å². The smallest absolute Gasteiger partial charge is 0.146 e. The minimum atomic E-state index is -1.86. The highest BCUT2D eigenvalue weighted by atomic mass is 35.7. The van der Waals surface area contributed by atoms with Gasteiger partial charge in [0.1, 0.15) is 0 Å². The summed E-state index contributed by atoms with van der Waals surface area (Å²) < 4.78 is 0. The van der Waals surface area contributed by atoms with Gasteiger partial charge in [-0.3, -0.25) is 0 Å². The average Bonchev–Trinajstić information content (AvgIpc) is 1.59. The van der Waals surface area contributed by atoms with Crippen LogP contribution in [0.4, 0.5) is 0 Å². The van der Waals surface area contributed by atoms with Gasteiger partial charge >= 0.3 is 0 Å². The Labute approximate surface area is 71.9 Å². The molecule has 0 radical (unpaired) electrons. The zero-order valence-corrected chi connectivity index (χ0v) is 8.89. The third-order valence-corrected chi connectivity index (χ3v) is 3.50. The second-order valence-electron chi connectivity index (χ2n) is 2.39. The lowest BCUT2D eigenvalue weighted by molar-refractivity contribution is 0.886. The second kappa shape index (κ2) is 4.07. The number of halogens is 3. The summed E-state index contributed by atoms with van der Waals surface area (Å²) in [5.41, 5.74) is 0. The molecule has 1 atom stereocenters. The van der Waals surface area contributed by atoms with Gasteiger partial charge in [0.25, 0.3) is 0 Å². The van der Waals surface area contributed by atoms with Crippen LogP contribution in [-0.4, -0.2) is 12.1 Å². The Bertz CT molecular complexity index is 76.8. The van der Waals surface area contributed by atoms with Crippen LogP contribution in [0.2, 0.25) is 12.6 Å². The van der Waals surface area contributed by atoms with Crippen LogP contribution in [-0.2, 0) is 0 Å². The van der Waals surface area contributed by atoms with Crippen molar-refractivity contribution in [2.45, 2.75) is 31.3 Å². The lowest BCUT2D eigenvalue weighted by Gasteiger charge is -2.09. The third kappa shape index (κ3) is 9.09. The number of alkyl halides is 1. The number of rotatable bonds is 3. The largest absolute Gasteiger partial charge is 0.248 e. The highest BCUT2D eigenvalue weighted by Crippen LogP contribution is 2.23. The van der Waals surface area contributed by atoms with Crippen LogP contribution in [0.15, 0.2) is 0 Å². The average molecular weight is 206 g/mol. The highest BCUT2D eigenvalue weighted by molar-refractivity contribution is 7.44. The molecule has 0 fully saturated rings. The highest BCUT2D eigenvalue weighted by Gasteiger charge is 2.20. The molecule has 0 aromatic heterocycles. The van der Waals surface area contributed by atoms with E-state index in [9.17, 15) is 0 Å². The molecule has 0 bridgehead atoms. The standard InChI is InChI=1S/C5H11Cl3Si/c1-5(6)3-4-9(2,7)8/h5H,3-4H2,1-2H3. The number of hydrogen-bond acceptors (Lipinski definition) is 0. The van der Waals surface area contributed by atoms with Gasteiger partial charge in [0, 0.05) is 5.38 Å². The predicted molar refractivity (Wildman–Crippen MR) is 48.1 cm³/mol. The summed E-state index contributed by atoms with van der Waals surface area (Å²) in [4.78, 5) is 0. The molecule has 0 amide bonds. The minimum Gasteiger partial charge on any atom is -0.146 e. The first-order chi connectivity index (χ1) is 3.92. The summed E-state index contributed by atoms with van der Waals surface area (Å²) in [5, 5.41) is 0.203. The van der Waals surface area contributed by atoms with Gasteiger partial charge in [-0.05, 0) is 25.9 Å². The van der Waals surface area contributed by atoms with Crippen molar-refractivity contribution in [2.75, 3.05) is 0 Å². The van der Waals surface area contributed by atoms with Gasteiger partial charge in [-0.25, -0.2) is 0 Å². The van der Waals surface area contributed by atoms with Gasteiger partial charge in [0.2, 0.25) is 6.69 Å². The molecule has 0 saturated carbocycles. The quantitative estimate of drug-likeness (QED) is 0.376. The van der Waals surface area contributed by atoms with Gasteiger partial charge in [-0.15, -0.1) is 33.8 Å². The zero-order valence-electron chi connectivity index (χ0n) is 5.63. The van der Waals surface area contributed by atoms with Crippen molar-refractivity contribution in [3.8, 4) is 0 Å².